The molecule has 1 saturated carbocycles. The van der Waals surface area contributed by atoms with Crippen molar-refractivity contribution in [2.45, 2.75) is 31.1 Å². The van der Waals surface area contributed by atoms with Crippen LogP contribution in [0.1, 0.15) is 31.2 Å². The Hall–Kier alpha value is -1.29. The molecule has 0 heterocycles. The molecule has 0 atom stereocenters. The van der Waals surface area contributed by atoms with E-state index in [2.05, 4.69) is 30.3 Å². The van der Waals surface area contributed by atoms with Gasteiger partial charge in [-0.3, -0.25) is 0 Å². The Morgan fingerprint density at radius 2 is 1.92 bits per heavy atom. The molecule has 13 heavy (non-hydrogen) atoms. The SMILES string of the molecule is N#CCCC1(c2ccccc2)CC1. The maximum absolute atomic E-state index is 8.55. The van der Waals surface area contributed by atoms with Crippen LogP contribution < -0.4 is 0 Å². The topological polar surface area (TPSA) is 23.8 Å². The normalized spacial score (nSPS) is 17.8. The van der Waals surface area contributed by atoms with Gasteiger partial charge in [-0.2, -0.15) is 5.26 Å². The van der Waals surface area contributed by atoms with E-state index >= 15 is 0 Å². The van der Waals surface area contributed by atoms with Crippen LogP contribution in [-0.4, -0.2) is 0 Å². The third kappa shape index (κ3) is 1.58. The largest absolute Gasteiger partial charge is 0.198 e. The Kier molecular flexibility index (Phi) is 2.06. The second-order valence-corrected chi connectivity index (χ2v) is 3.80. The number of rotatable bonds is 3. The number of hydrogen-bond acceptors (Lipinski definition) is 1. The van der Waals surface area contributed by atoms with Gasteiger partial charge in [-0.1, -0.05) is 30.3 Å². The summed E-state index contributed by atoms with van der Waals surface area (Å²) in [5.74, 6) is 0. The van der Waals surface area contributed by atoms with E-state index in [0.29, 0.717) is 11.8 Å². The Labute approximate surface area is 79.0 Å². The first kappa shape index (κ1) is 8.31. The third-order valence-electron chi connectivity index (χ3n) is 2.96. The predicted molar refractivity (Wildman–Crippen MR) is 52.2 cm³/mol. The monoisotopic (exact) mass is 171 g/mol. The summed E-state index contributed by atoms with van der Waals surface area (Å²) in [7, 11) is 0. The van der Waals surface area contributed by atoms with Gasteiger partial charge in [-0.05, 0) is 30.2 Å². The van der Waals surface area contributed by atoms with Gasteiger partial charge in [-0.25, -0.2) is 0 Å². The molecule has 1 aromatic carbocycles. The zero-order valence-corrected chi connectivity index (χ0v) is 7.66. The second-order valence-electron chi connectivity index (χ2n) is 3.80. The Balaban J connectivity index is 2.13. The quantitative estimate of drug-likeness (QED) is 0.685. The van der Waals surface area contributed by atoms with Crippen molar-refractivity contribution in [2.75, 3.05) is 0 Å². The van der Waals surface area contributed by atoms with Crippen molar-refractivity contribution in [3.63, 3.8) is 0 Å². The molecular formula is C12H13N. The average molecular weight is 171 g/mol. The van der Waals surface area contributed by atoms with Gasteiger partial charge >= 0.3 is 0 Å². The van der Waals surface area contributed by atoms with E-state index in [0.717, 1.165) is 6.42 Å². The lowest BCUT2D eigenvalue weighted by atomic mass is 9.91. The standard InChI is InChI=1S/C12H13N/c13-10-4-7-12(8-9-12)11-5-2-1-3-6-11/h1-3,5-6H,4,7-9H2. The molecule has 0 aromatic heterocycles. The van der Waals surface area contributed by atoms with E-state index < -0.39 is 0 Å². The molecule has 0 N–H and O–H groups in total. The van der Waals surface area contributed by atoms with E-state index in [9.17, 15) is 0 Å². The fourth-order valence-corrected chi connectivity index (χ4v) is 1.92. The molecule has 0 bridgehead atoms. The van der Waals surface area contributed by atoms with Crippen LogP contribution in [0.5, 0.6) is 0 Å². The van der Waals surface area contributed by atoms with Crippen molar-refractivity contribution >= 4 is 0 Å². The minimum atomic E-state index is 0.372. The van der Waals surface area contributed by atoms with E-state index in [1.807, 2.05) is 6.07 Å². The number of hydrogen-bond donors (Lipinski definition) is 0. The Morgan fingerprint density at radius 3 is 2.46 bits per heavy atom. The summed E-state index contributed by atoms with van der Waals surface area (Å²) in [6.45, 7) is 0. The lowest BCUT2D eigenvalue weighted by molar-refractivity contribution is 0.632. The van der Waals surface area contributed by atoms with Crippen LogP contribution in [0.2, 0.25) is 0 Å². The molecule has 1 aromatic rings. The Bertz CT molecular complexity index is 317. The van der Waals surface area contributed by atoms with Crippen molar-refractivity contribution in [1.82, 2.24) is 0 Å². The van der Waals surface area contributed by atoms with E-state index in [1.54, 1.807) is 0 Å². The van der Waals surface area contributed by atoms with Crippen molar-refractivity contribution < 1.29 is 0 Å². The van der Waals surface area contributed by atoms with Crippen LogP contribution in [0, 0.1) is 11.3 Å². The zero-order chi connectivity index (χ0) is 9.15. The van der Waals surface area contributed by atoms with E-state index in [-0.39, 0.29) is 0 Å². The van der Waals surface area contributed by atoms with Gasteiger partial charge in [-0.15, -0.1) is 0 Å². The van der Waals surface area contributed by atoms with Crippen molar-refractivity contribution in [3.05, 3.63) is 35.9 Å². The molecule has 2 rings (SSSR count). The first-order chi connectivity index (χ1) is 6.37. The van der Waals surface area contributed by atoms with Crippen LogP contribution >= 0.6 is 0 Å². The second kappa shape index (κ2) is 3.22. The van der Waals surface area contributed by atoms with Crippen molar-refractivity contribution in [2.24, 2.45) is 0 Å². The molecule has 0 saturated heterocycles. The van der Waals surface area contributed by atoms with Crippen LogP contribution in [-0.2, 0) is 5.41 Å². The maximum atomic E-state index is 8.55. The van der Waals surface area contributed by atoms with Crippen LogP contribution in [0.25, 0.3) is 0 Å². The summed E-state index contributed by atoms with van der Waals surface area (Å²) in [6.07, 6.45) is 4.25. The Morgan fingerprint density at radius 1 is 1.23 bits per heavy atom. The van der Waals surface area contributed by atoms with Crippen LogP contribution in [0.3, 0.4) is 0 Å². The molecule has 0 spiro atoms. The van der Waals surface area contributed by atoms with Gasteiger partial charge in [0.15, 0.2) is 0 Å². The van der Waals surface area contributed by atoms with E-state index in [4.69, 9.17) is 5.26 Å². The van der Waals surface area contributed by atoms with Crippen LogP contribution in [0.15, 0.2) is 30.3 Å². The summed E-state index contributed by atoms with van der Waals surface area (Å²) in [4.78, 5) is 0. The molecule has 66 valence electrons. The van der Waals surface area contributed by atoms with Gasteiger partial charge < -0.3 is 0 Å². The first-order valence-electron chi connectivity index (χ1n) is 4.80. The van der Waals surface area contributed by atoms with Gasteiger partial charge in [0, 0.05) is 6.42 Å². The smallest absolute Gasteiger partial charge is 0.0622 e. The molecule has 1 fully saturated rings. The summed E-state index contributed by atoms with van der Waals surface area (Å²) >= 11 is 0. The summed E-state index contributed by atoms with van der Waals surface area (Å²) < 4.78 is 0. The zero-order valence-electron chi connectivity index (χ0n) is 7.66. The van der Waals surface area contributed by atoms with Gasteiger partial charge in [0.25, 0.3) is 0 Å². The lowest BCUT2D eigenvalue weighted by Crippen LogP contribution is -2.05. The molecular weight excluding hydrogens is 158 g/mol. The minimum Gasteiger partial charge on any atom is -0.198 e. The van der Waals surface area contributed by atoms with E-state index in [1.165, 1.54) is 18.4 Å². The van der Waals surface area contributed by atoms with Gasteiger partial charge in [0.1, 0.15) is 0 Å². The van der Waals surface area contributed by atoms with Crippen molar-refractivity contribution in [1.29, 1.82) is 5.26 Å². The molecule has 0 aliphatic heterocycles. The summed E-state index contributed by atoms with van der Waals surface area (Å²) in [5.41, 5.74) is 1.79. The minimum absolute atomic E-state index is 0.372. The molecule has 0 radical (unpaired) electrons. The fourth-order valence-electron chi connectivity index (χ4n) is 1.92. The number of benzene rings is 1. The van der Waals surface area contributed by atoms with Gasteiger partial charge in [0.05, 0.1) is 6.07 Å². The highest BCUT2D eigenvalue weighted by Gasteiger charge is 2.43. The molecule has 1 heteroatoms. The number of nitrogens with zero attached hydrogens (tertiary/aromatic N) is 1. The molecule has 1 aliphatic rings. The highest BCUT2D eigenvalue weighted by Crippen LogP contribution is 2.51. The lowest BCUT2D eigenvalue weighted by Gasteiger charge is -2.12. The average Bonchev–Trinajstić information content (AvgIpc) is 2.97. The first-order valence-corrected chi connectivity index (χ1v) is 4.80. The highest BCUT2D eigenvalue weighted by molar-refractivity contribution is 5.30. The highest BCUT2D eigenvalue weighted by atomic mass is 14.5. The molecule has 0 unspecified atom stereocenters. The number of nitriles is 1. The van der Waals surface area contributed by atoms with Gasteiger partial charge in [0.2, 0.25) is 0 Å². The molecule has 1 aliphatic carbocycles. The van der Waals surface area contributed by atoms with Crippen LogP contribution in [0.4, 0.5) is 0 Å². The fraction of sp³-hybridized carbons (Fsp3) is 0.417. The van der Waals surface area contributed by atoms with Crippen molar-refractivity contribution in [3.8, 4) is 6.07 Å². The maximum Gasteiger partial charge on any atom is 0.0622 e. The summed E-state index contributed by atoms with van der Waals surface area (Å²) in [5, 5.41) is 8.55. The summed E-state index contributed by atoms with van der Waals surface area (Å²) in [6, 6.07) is 12.8. The third-order valence-corrected chi connectivity index (χ3v) is 2.96. The molecule has 0 amide bonds. The molecule has 1 nitrogen and oxygen atoms in total. The predicted octanol–water partition coefficient (Wildman–Crippen LogP) is 3.02.